The maximum absolute atomic E-state index is 12.4. The molecule has 0 radical (unpaired) electrons. The lowest BCUT2D eigenvalue weighted by molar-refractivity contribution is -0.118. The first-order chi connectivity index (χ1) is 20.2. The van der Waals surface area contributed by atoms with E-state index in [4.69, 9.17) is 21.1 Å². The van der Waals surface area contributed by atoms with Gasteiger partial charge >= 0.3 is 0 Å². The highest BCUT2D eigenvalue weighted by Crippen LogP contribution is 2.41. The van der Waals surface area contributed by atoms with Gasteiger partial charge in [0.25, 0.3) is 5.91 Å². The number of aryl methyl sites for hydroxylation is 1. The van der Waals surface area contributed by atoms with Crippen molar-refractivity contribution in [1.29, 1.82) is 0 Å². The number of hydrogen-bond acceptors (Lipinski definition) is 6. The zero-order chi connectivity index (χ0) is 30.6. The molecule has 1 heterocycles. The topological polar surface area (TPSA) is 86.2 Å². The Kier molecular flexibility index (Phi) is 14.0. The number of hydrogen-bond donors (Lipinski definition) is 1. The maximum Gasteiger partial charge on any atom is 0.264 e. The standard InChI is InChI=1S/C33H48ClN3O4S/c1-7-9-12-30(40-6)29-17-15-25(29)20-37-21-26(28-18-16-27(34)19-24(28)11-8-2)22-41-31(33(37)35-5)13-10-14-32(38)36-42(39)23(3)4/h9-10,12-13,16,18-19,23,25-26,29-30H,5,7-8,11,14-15,17,20-22H2,1-4,6H3,(H,36,38)/b12-9+,13-10-. The molecule has 1 aromatic carbocycles. The van der Waals surface area contributed by atoms with Gasteiger partial charge in [-0.2, -0.15) is 4.72 Å². The highest BCUT2D eigenvalue weighted by atomic mass is 35.5. The third-order valence-electron chi connectivity index (χ3n) is 8.02. The van der Waals surface area contributed by atoms with Crippen LogP contribution in [0, 0.1) is 11.8 Å². The van der Waals surface area contributed by atoms with Crippen LogP contribution in [-0.2, 0) is 32.1 Å². The smallest absolute Gasteiger partial charge is 0.264 e. The number of carbonyl (C=O) groups excluding carboxylic acids is 1. The summed E-state index contributed by atoms with van der Waals surface area (Å²) in [6, 6.07) is 6.15. The largest absolute Gasteiger partial charge is 0.593 e. The molecular formula is C33H48ClN3O4S. The molecule has 1 aliphatic heterocycles. The Labute approximate surface area is 260 Å². The number of ether oxygens (including phenoxy) is 2. The van der Waals surface area contributed by atoms with Crippen LogP contribution in [-0.4, -0.2) is 60.2 Å². The Morgan fingerprint density at radius 1 is 1.33 bits per heavy atom. The van der Waals surface area contributed by atoms with Crippen molar-refractivity contribution in [3.63, 3.8) is 0 Å². The van der Waals surface area contributed by atoms with Gasteiger partial charge in [-0.25, -0.2) is 4.99 Å². The first-order valence-corrected chi connectivity index (χ1v) is 16.7. The zero-order valence-electron chi connectivity index (χ0n) is 25.8. The van der Waals surface area contributed by atoms with Gasteiger partial charge in [0.2, 0.25) is 0 Å². The molecule has 5 atom stereocenters. The lowest BCUT2D eigenvalue weighted by Gasteiger charge is -2.43. The number of aliphatic imine (C=N–C) groups is 1. The van der Waals surface area contributed by atoms with E-state index in [9.17, 15) is 9.35 Å². The second-order valence-electron chi connectivity index (χ2n) is 11.4. The predicted molar refractivity (Wildman–Crippen MR) is 174 cm³/mol. The lowest BCUT2D eigenvalue weighted by Crippen LogP contribution is -2.43. The Morgan fingerprint density at radius 2 is 2.12 bits per heavy atom. The minimum atomic E-state index is -1.41. The highest BCUT2D eigenvalue weighted by molar-refractivity contribution is 7.90. The van der Waals surface area contributed by atoms with Crippen molar-refractivity contribution in [1.82, 2.24) is 9.62 Å². The van der Waals surface area contributed by atoms with E-state index in [1.54, 1.807) is 33.1 Å². The van der Waals surface area contributed by atoms with Crippen molar-refractivity contribution < 1.29 is 18.8 Å². The predicted octanol–water partition coefficient (Wildman–Crippen LogP) is 6.72. The summed E-state index contributed by atoms with van der Waals surface area (Å²) in [5.74, 6) is 1.93. The van der Waals surface area contributed by atoms with Crippen molar-refractivity contribution >= 4 is 35.6 Å². The van der Waals surface area contributed by atoms with E-state index in [0.29, 0.717) is 30.0 Å². The fourth-order valence-electron chi connectivity index (χ4n) is 5.67. The molecule has 0 aromatic heterocycles. The molecule has 1 aliphatic carbocycles. The first kappa shape index (κ1) is 34.2. The van der Waals surface area contributed by atoms with Crippen molar-refractivity contribution in [2.45, 2.75) is 83.5 Å². The van der Waals surface area contributed by atoms with Crippen LogP contribution in [0.5, 0.6) is 0 Å². The molecule has 3 rings (SSSR count). The number of allylic oxidation sites excluding steroid dienone is 2. The summed E-state index contributed by atoms with van der Waals surface area (Å²) in [4.78, 5) is 19.1. The number of rotatable bonds is 15. The lowest BCUT2D eigenvalue weighted by atomic mass is 9.70. The second kappa shape index (κ2) is 17.1. The summed E-state index contributed by atoms with van der Waals surface area (Å²) in [6.07, 6.45) is 13.3. The molecule has 1 saturated carbocycles. The highest BCUT2D eigenvalue weighted by Gasteiger charge is 2.39. The van der Waals surface area contributed by atoms with Crippen LogP contribution in [0.1, 0.15) is 76.8 Å². The van der Waals surface area contributed by atoms with Crippen molar-refractivity contribution in [2.75, 3.05) is 26.8 Å². The number of nitrogens with zero attached hydrogens (tertiary/aromatic N) is 2. The molecule has 1 aromatic rings. The summed E-state index contributed by atoms with van der Waals surface area (Å²) in [5.41, 5.74) is 2.48. The van der Waals surface area contributed by atoms with Crippen LogP contribution in [0.2, 0.25) is 5.02 Å². The Hall–Kier alpha value is -2.26. The van der Waals surface area contributed by atoms with Crippen LogP contribution < -0.4 is 4.72 Å². The second-order valence-corrected chi connectivity index (χ2v) is 13.5. The molecule has 0 saturated heterocycles. The molecule has 7 nitrogen and oxygen atoms in total. The fraction of sp³-hybridized carbons (Fsp3) is 0.576. The number of amides is 1. The van der Waals surface area contributed by atoms with Crippen LogP contribution in [0.4, 0.5) is 0 Å². The number of halogens is 1. The van der Waals surface area contributed by atoms with Crippen molar-refractivity contribution in [3.05, 3.63) is 70.2 Å². The van der Waals surface area contributed by atoms with Crippen LogP contribution in [0.15, 0.2) is 59.1 Å². The van der Waals surface area contributed by atoms with E-state index < -0.39 is 11.4 Å². The third kappa shape index (κ3) is 9.37. The maximum atomic E-state index is 12.4. The van der Waals surface area contributed by atoms with Gasteiger partial charge < -0.3 is 18.9 Å². The van der Waals surface area contributed by atoms with Gasteiger partial charge in [-0.05, 0) is 87.4 Å². The molecule has 5 unspecified atom stereocenters. The van der Waals surface area contributed by atoms with Gasteiger partial charge in [-0.3, -0.25) is 4.79 Å². The summed E-state index contributed by atoms with van der Waals surface area (Å²) >= 11 is 4.98. The number of benzene rings is 1. The minimum absolute atomic E-state index is 0.0843. The first-order valence-electron chi connectivity index (χ1n) is 15.1. The molecule has 1 N–H and O–H groups in total. The van der Waals surface area contributed by atoms with Gasteiger partial charge in [-0.1, -0.05) is 56.2 Å². The fourth-order valence-corrected chi connectivity index (χ4v) is 6.41. The summed E-state index contributed by atoms with van der Waals surface area (Å²) in [7, 11) is 1.79. The Balaban J connectivity index is 1.89. The average Bonchev–Trinajstić information content (AvgIpc) is 3.12. The van der Waals surface area contributed by atoms with Gasteiger partial charge in [0.1, 0.15) is 5.25 Å². The summed E-state index contributed by atoms with van der Waals surface area (Å²) < 4.78 is 26.9. The van der Waals surface area contributed by atoms with Gasteiger partial charge in [0.05, 0.1) is 24.1 Å². The molecule has 9 heteroatoms. The molecule has 42 heavy (non-hydrogen) atoms. The minimum Gasteiger partial charge on any atom is -0.593 e. The van der Waals surface area contributed by atoms with E-state index in [1.165, 1.54) is 11.1 Å². The van der Waals surface area contributed by atoms with E-state index in [0.717, 1.165) is 50.2 Å². The molecule has 1 amide bonds. The SMILES string of the molecule is C=NC1=C(/C=C\CC(=O)N[S+]([O-])C(C)C)OCC(c2ccc(Cl)cc2CCC)CN1CC1CCC1C(/C=C/CC)OC. The Bertz CT molecular complexity index is 1140. The summed E-state index contributed by atoms with van der Waals surface area (Å²) in [6.45, 7) is 13.8. The van der Waals surface area contributed by atoms with Crippen LogP contribution in [0.25, 0.3) is 0 Å². The monoisotopic (exact) mass is 617 g/mol. The van der Waals surface area contributed by atoms with Crippen LogP contribution in [0.3, 0.4) is 0 Å². The van der Waals surface area contributed by atoms with Crippen molar-refractivity contribution in [2.24, 2.45) is 16.8 Å². The quantitative estimate of drug-likeness (QED) is 0.134. The molecule has 2 aliphatic rings. The normalized spacial score (nSPS) is 22.7. The summed E-state index contributed by atoms with van der Waals surface area (Å²) in [5, 5.41) is 0.590. The molecule has 0 bridgehead atoms. The Morgan fingerprint density at radius 3 is 2.74 bits per heavy atom. The number of methoxy groups -OCH3 is 1. The average molecular weight is 618 g/mol. The third-order valence-corrected chi connectivity index (χ3v) is 9.54. The van der Waals surface area contributed by atoms with Crippen LogP contribution >= 0.6 is 11.6 Å². The number of nitrogens with one attached hydrogen (secondary N) is 1. The molecule has 1 fully saturated rings. The molecule has 0 spiro atoms. The van der Waals surface area contributed by atoms with E-state index in [2.05, 4.69) is 59.5 Å². The van der Waals surface area contributed by atoms with Gasteiger partial charge in [-0.15, -0.1) is 0 Å². The molecular weight excluding hydrogens is 570 g/mol. The van der Waals surface area contributed by atoms with E-state index in [1.807, 2.05) is 6.07 Å². The van der Waals surface area contributed by atoms with Gasteiger partial charge in [0.15, 0.2) is 11.6 Å². The zero-order valence-corrected chi connectivity index (χ0v) is 27.4. The van der Waals surface area contributed by atoms with E-state index >= 15 is 0 Å². The van der Waals surface area contributed by atoms with E-state index in [-0.39, 0.29) is 29.6 Å². The molecule has 232 valence electrons. The van der Waals surface area contributed by atoms with Gasteiger partial charge in [0, 0.05) is 37.6 Å². The van der Waals surface area contributed by atoms with Crippen molar-refractivity contribution in [3.8, 4) is 0 Å². The number of carbonyl (C=O) groups is 1.